The van der Waals surface area contributed by atoms with Crippen LogP contribution in [0.5, 0.6) is 0 Å². The van der Waals surface area contributed by atoms with E-state index in [1.807, 2.05) is 20.8 Å². The molecule has 0 saturated heterocycles. The standard InChI is InChI=1S/C26H36O8/c1-12-16-8-17(32-13(2)27)22-25(7)18(24(5,6)19(30)10-21(25)33-14(3)28)9-20(31)26(22,11-16)23(12)34-15(4)29/h16-19,21-23,30H,1,8-11H2,2-7H3/t16-,17+,18-,19+,21+,22+,23-,25+,26+/m1/s1. The van der Waals surface area contributed by atoms with E-state index in [1.165, 1.54) is 20.8 Å². The Morgan fingerprint density at radius 3 is 2.12 bits per heavy atom. The van der Waals surface area contributed by atoms with Gasteiger partial charge in [0.2, 0.25) is 0 Å². The lowest BCUT2D eigenvalue weighted by Crippen LogP contribution is -2.71. The molecule has 188 valence electrons. The second kappa shape index (κ2) is 7.90. The second-order valence-corrected chi connectivity index (χ2v) is 11.6. The molecule has 0 unspecified atom stereocenters. The molecule has 1 N–H and O–H groups in total. The molecule has 2 bridgehead atoms. The molecule has 34 heavy (non-hydrogen) atoms. The van der Waals surface area contributed by atoms with Crippen LogP contribution >= 0.6 is 0 Å². The Balaban J connectivity index is 1.97. The van der Waals surface area contributed by atoms with Gasteiger partial charge in [-0.15, -0.1) is 0 Å². The van der Waals surface area contributed by atoms with E-state index in [9.17, 15) is 24.3 Å². The van der Waals surface area contributed by atoms with E-state index in [0.29, 0.717) is 18.4 Å². The molecule has 4 fully saturated rings. The van der Waals surface area contributed by atoms with E-state index in [0.717, 1.165) is 0 Å². The highest BCUT2D eigenvalue weighted by atomic mass is 16.6. The summed E-state index contributed by atoms with van der Waals surface area (Å²) in [5.41, 5.74) is -1.94. The lowest BCUT2D eigenvalue weighted by molar-refractivity contribution is -0.258. The van der Waals surface area contributed by atoms with Gasteiger partial charge in [-0.25, -0.2) is 0 Å². The van der Waals surface area contributed by atoms with Gasteiger partial charge in [0.25, 0.3) is 0 Å². The summed E-state index contributed by atoms with van der Waals surface area (Å²) in [4.78, 5) is 50.6. The summed E-state index contributed by atoms with van der Waals surface area (Å²) in [5.74, 6) is -2.59. The van der Waals surface area contributed by atoms with Gasteiger partial charge in [-0.2, -0.15) is 0 Å². The minimum absolute atomic E-state index is 0.0736. The average Bonchev–Trinajstić information content (AvgIpc) is 2.90. The quantitative estimate of drug-likeness (QED) is 0.376. The summed E-state index contributed by atoms with van der Waals surface area (Å²) in [7, 11) is 0. The summed E-state index contributed by atoms with van der Waals surface area (Å²) in [6.45, 7) is 14.0. The minimum atomic E-state index is -1.13. The number of carbonyl (C=O) groups is 4. The lowest BCUT2D eigenvalue weighted by atomic mass is 9.38. The Hall–Kier alpha value is -2.22. The molecule has 8 heteroatoms. The third-order valence-electron chi connectivity index (χ3n) is 9.48. The van der Waals surface area contributed by atoms with Crippen molar-refractivity contribution >= 4 is 23.7 Å². The van der Waals surface area contributed by atoms with Crippen molar-refractivity contribution in [3.8, 4) is 0 Å². The number of hydrogen-bond donors (Lipinski definition) is 1. The van der Waals surface area contributed by atoms with Crippen molar-refractivity contribution < 1.29 is 38.5 Å². The summed E-state index contributed by atoms with van der Waals surface area (Å²) in [6, 6.07) is 0. The van der Waals surface area contributed by atoms with Crippen molar-refractivity contribution in [1.29, 1.82) is 0 Å². The molecule has 4 rings (SSSR count). The van der Waals surface area contributed by atoms with Gasteiger partial charge in [0.1, 0.15) is 24.1 Å². The number of aliphatic hydroxyl groups is 1. The van der Waals surface area contributed by atoms with Crippen LogP contribution in [0.3, 0.4) is 0 Å². The van der Waals surface area contributed by atoms with Crippen LogP contribution in [-0.4, -0.2) is 53.2 Å². The van der Waals surface area contributed by atoms with E-state index in [2.05, 4.69) is 6.58 Å². The molecule has 9 atom stereocenters. The first-order valence-electron chi connectivity index (χ1n) is 12.1. The van der Waals surface area contributed by atoms with Crippen molar-refractivity contribution in [3.63, 3.8) is 0 Å². The normalized spacial score (nSPS) is 44.5. The van der Waals surface area contributed by atoms with Gasteiger partial charge in [0.05, 0.1) is 11.5 Å². The first-order chi connectivity index (χ1) is 15.7. The predicted octanol–water partition coefficient (Wildman–Crippen LogP) is 2.75. The summed E-state index contributed by atoms with van der Waals surface area (Å²) < 4.78 is 17.5. The number of ether oxygens (including phenoxy) is 3. The van der Waals surface area contributed by atoms with Crippen LogP contribution in [0, 0.1) is 34.0 Å². The summed E-state index contributed by atoms with van der Waals surface area (Å²) in [6.07, 6.45) is -1.72. The molecule has 0 aromatic heterocycles. The summed E-state index contributed by atoms with van der Waals surface area (Å²) in [5, 5.41) is 11.0. The largest absolute Gasteiger partial charge is 0.462 e. The van der Waals surface area contributed by atoms with Crippen molar-refractivity contribution in [2.24, 2.45) is 34.0 Å². The van der Waals surface area contributed by atoms with Gasteiger partial charge < -0.3 is 19.3 Å². The highest BCUT2D eigenvalue weighted by Crippen LogP contribution is 2.72. The Morgan fingerprint density at radius 2 is 1.56 bits per heavy atom. The number of ketones is 1. The van der Waals surface area contributed by atoms with Gasteiger partial charge in [-0.05, 0) is 35.7 Å². The van der Waals surface area contributed by atoms with Crippen molar-refractivity contribution in [1.82, 2.24) is 0 Å². The highest BCUT2D eigenvalue weighted by molar-refractivity contribution is 5.90. The van der Waals surface area contributed by atoms with Gasteiger partial charge in [-0.1, -0.05) is 27.4 Å². The zero-order valence-corrected chi connectivity index (χ0v) is 20.9. The van der Waals surface area contributed by atoms with E-state index in [4.69, 9.17) is 14.2 Å². The summed E-state index contributed by atoms with van der Waals surface area (Å²) >= 11 is 0. The molecular weight excluding hydrogens is 440 g/mol. The smallest absolute Gasteiger partial charge is 0.303 e. The average molecular weight is 477 g/mol. The maximum Gasteiger partial charge on any atom is 0.303 e. The molecule has 8 nitrogen and oxygen atoms in total. The van der Waals surface area contributed by atoms with E-state index in [1.54, 1.807) is 0 Å². The number of esters is 3. The Labute approximate surface area is 200 Å². The fourth-order valence-electron chi connectivity index (χ4n) is 8.20. The monoisotopic (exact) mass is 476 g/mol. The van der Waals surface area contributed by atoms with Crippen LogP contribution < -0.4 is 0 Å². The third-order valence-corrected chi connectivity index (χ3v) is 9.48. The first kappa shape index (κ1) is 24.9. The van der Waals surface area contributed by atoms with Gasteiger partial charge >= 0.3 is 17.9 Å². The molecular formula is C26H36O8. The highest BCUT2D eigenvalue weighted by Gasteiger charge is 2.77. The number of Topliss-reactive ketones (excluding diaryl/α,β-unsaturated/α-hetero) is 1. The molecule has 0 aliphatic heterocycles. The van der Waals surface area contributed by atoms with Crippen molar-refractivity contribution in [3.05, 3.63) is 12.2 Å². The maximum absolute atomic E-state index is 14.1. The number of fused-ring (bicyclic) bond motifs is 3. The molecule has 4 aliphatic carbocycles. The molecule has 0 radical (unpaired) electrons. The van der Waals surface area contributed by atoms with Crippen LogP contribution in [0.2, 0.25) is 0 Å². The Morgan fingerprint density at radius 1 is 0.971 bits per heavy atom. The zero-order valence-electron chi connectivity index (χ0n) is 20.9. The van der Waals surface area contributed by atoms with E-state index >= 15 is 0 Å². The molecule has 4 aliphatic rings. The van der Waals surface area contributed by atoms with Crippen LogP contribution in [-0.2, 0) is 33.4 Å². The van der Waals surface area contributed by atoms with Crippen LogP contribution in [0.4, 0.5) is 0 Å². The van der Waals surface area contributed by atoms with Gasteiger partial charge in [0.15, 0.2) is 0 Å². The topological polar surface area (TPSA) is 116 Å². The van der Waals surface area contributed by atoms with Crippen molar-refractivity contribution in [2.75, 3.05) is 0 Å². The minimum Gasteiger partial charge on any atom is -0.462 e. The van der Waals surface area contributed by atoms with Crippen LogP contribution in [0.25, 0.3) is 0 Å². The zero-order chi connectivity index (χ0) is 25.4. The Bertz CT molecular complexity index is 952. The van der Waals surface area contributed by atoms with Crippen LogP contribution in [0.1, 0.15) is 67.2 Å². The van der Waals surface area contributed by atoms with Crippen molar-refractivity contribution in [2.45, 2.75) is 91.6 Å². The first-order valence-corrected chi connectivity index (χ1v) is 12.1. The predicted molar refractivity (Wildman–Crippen MR) is 120 cm³/mol. The maximum atomic E-state index is 14.1. The fraction of sp³-hybridized carbons (Fsp3) is 0.769. The molecule has 0 aromatic carbocycles. The third kappa shape index (κ3) is 3.28. The Kier molecular flexibility index (Phi) is 5.78. The lowest BCUT2D eigenvalue weighted by Gasteiger charge is -2.66. The molecule has 0 aromatic rings. The molecule has 4 saturated carbocycles. The number of rotatable bonds is 3. The number of aliphatic hydroxyl groups excluding tert-OH is 1. The SMILES string of the molecule is C=C1[C@@H]2C[C@H](OC(C)=O)[C@@H]3[C@](C2)(C(=O)C[C@@H]2C(C)(C)[C@@H](O)C[C@H](OC(C)=O)[C@]23C)[C@@H]1OC(C)=O. The van der Waals surface area contributed by atoms with Crippen LogP contribution in [0.15, 0.2) is 12.2 Å². The molecule has 1 spiro atoms. The fourth-order valence-corrected chi connectivity index (χ4v) is 8.20. The molecule has 0 heterocycles. The van der Waals surface area contributed by atoms with E-state index < -0.39 is 64.5 Å². The van der Waals surface area contributed by atoms with Gasteiger partial charge in [0, 0.05) is 44.9 Å². The molecule has 0 amide bonds. The van der Waals surface area contributed by atoms with E-state index in [-0.39, 0.29) is 30.5 Å². The number of hydrogen-bond acceptors (Lipinski definition) is 8. The second-order valence-electron chi connectivity index (χ2n) is 11.6. The number of carbonyl (C=O) groups excluding carboxylic acids is 4. The van der Waals surface area contributed by atoms with Gasteiger partial charge in [-0.3, -0.25) is 19.2 Å².